The van der Waals surface area contributed by atoms with Crippen LogP contribution in [0.15, 0.2) is 16.6 Å². The van der Waals surface area contributed by atoms with E-state index in [-0.39, 0.29) is 28.6 Å². The maximum absolute atomic E-state index is 14.0. The molecule has 0 bridgehead atoms. The predicted molar refractivity (Wildman–Crippen MR) is 81.7 cm³/mol. The number of hydrazine groups is 1. The van der Waals surface area contributed by atoms with Crippen molar-refractivity contribution in [1.29, 1.82) is 0 Å². The molecule has 0 amide bonds. The van der Waals surface area contributed by atoms with E-state index in [0.717, 1.165) is 32.3 Å². The van der Waals surface area contributed by atoms with Crippen molar-refractivity contribution in [1.82, 2.24) is 5.43 Å². The Bertz CT molecular complexity index is 467. The molecule has 1 heterocycles. The van der Waals surface area contributed by atoms with Crippen molar-refractivity contribution in [3.05, 3.63) is 33.8 Å². The third kappa shape index (κ3) is 4.71. The number of hydrogen-bond acceptors (Lipinski definition) is 3. The van der Waals surface area contributed by atoms with Gasteiger partial charge in [-0.1, -0.05) is 0 Å². The van der Waals surface area contributed by atoms with Crippen LogP contribution in [0.5, 0.6) is 0 Å². The normalized spacial score (nSPS) is 20.5. The van der Waals surface area contributed by atoms with Crippen molar-refractivity contribution in [2.45, 2.75) is 50.7 Å². The Kier molecular flexibility index (Phi) is 6.54. The molecule has 0 radical (unpaired) electrons. The highest BCUT2D eigenvalue weighted by molar-refractivity contribution is 9.10. The molecule has 21 heavy (non-hydrogen) atoms. The molecule has 3 N–H and O–H groups in total. The predicted octanol–water partition coefficient (Wildman–Crippen LogP) is 3.45. The molecule has 3 nitrogen and oxygen atoms in total. The van der Waals surface area contributed by atoms with Crippen LogP contribution in [-0.2, 0) is 11.2 Å². The average molecular weight is 363 g/mol. The summed E-state index contributed by atoms with van der Waals surface area (Å²) in [6.07, 6.45) is 5.39. The maximum Gasteiger partial charge on any atom is 0.143 e. The summed E-state index contributed by atoms with van der Waals surface area (Å²) in [7, 11) is 0. The number of nitrogens with two attached hydrogens (primary N) is 1. The molecule has 1 saturated heterocycles. The average Bonchev–Trinajstić information content (AvgIpc) is 2.51. The first kappa shape index (κ1) is 16.8. The SMILES string of the molecule is NNC(CCC1CCCCO1)Cc1c(F)ccc(Br)c1F. The van der Waals surface area contributed by atoms with Crippen LogP contribution in [-0.4, -0.2) is 18.8 Å². The zero-order valence-electron chi connectivity index (χ0n) is 11.9. The number of ether oxygens (including phenoxy) is 1. The summed E-state index contributed by atoms with van der Waals surface area (Å²) in [5, 5.41) is 0. The minimum absolute atomic E-state index is 0.0666. The molecule has 2 unspecified atom stereocenters. The Hall–Kier alpha value is -0.560. The van der Waals surface area contributed by atoms with Crippen molar-refractivity contribution in [2.75, 3.05) is 6.61 Å². The van der Waals surface area contributed by atoms with Crippen LogP contribution in [0.4, 0.5) is 8.78 Å². The fraction of sp³-hybridized carbons (Fsp3) is 0.600. The fourth-order valence-corrected chi connectivity index (χ4v) is 3.04. The maximum atomic E-state index is 14.0. The molecule has 1 aliphatic rings. The molecule has 1 aliphatic heterocycles. The second-order valence-corrected chi connectivity index (χ2v) is 6.31. The topological polar surface area (TPSA) is 47.3 Å². The van der Waals surface area contributed by atoms with Crippen LogP contribution in [0.3, 0.4) is 0 Å². The first-order valence-electron chi connectivity index (χ1n) is 7.32. The summed E-state index contributed by atoms with van der Waals surface area (Å²) < 4.78 is 33.7. The molecule has 1 fully saturated rings. The summed E-state index contributed by atoms with van der Waals surface area (Å²) in [6, 6.07) is 2.46. The summed E-state index contributed by atoms with van der Waals surface area (Å²) >= 11 is 3.08. The van der Waals surface area contributed by atoms with Gasteiger partial charge in [-0.05, 0) is 66.6 Å². The smallest absolute Gasteiger partial charge is 0.143 e. The summed E-state index contributed by atoms with van der Waals surface area (Å²) in [5.41, 5.74) is 2.73. The fourth-order valence-electron chi connectivity index (χ4n) is 2.67. The second kappa shape index (κ2) is 8.17. The lowest BCUT2D eigenvalue weighted by Gasteiger charge is -2.25. The van der Waals surface area contributed by atoms with Gasteiger partial charge >= 0.3 is 0 Å². The number of rotatable bonds is 6. The largest absolute Gasteiger partial charge is 0.378 e. The molecule has 0 aliphatic carbocycles. The molecule has 0 saturated carbocycles. The van der Waals surface area contributed by atoms with Gasteiger partial charge in [0.1, 0.15) is 11.6 Å². The van der Waals surface area contributed by atoms with Crippen molar-refractivity contribution in [3.63, 3.8) is 0 Å². The highest BCUT2D eigenvalue weighted by atomic mass is 79.9. The van der Waals surface area contributed by atoms with E-state index in [9.17, 15) is 8.78 Å². The molecule has 2 rings (SSSR count). The summed E-state index contributed by atoms with van der Waals surface area (Å²) in [4.78, 5) is 0. The van der Waals surface area contributed by atoms with E-state index in [2.05, 4.69) is 21.4 Å². The number of halogens is 3. The van der Waals surface area contributed by atoms with Crippen molar-refractivity contribution in [2.24, 2.45) is 5.84 Å². The Balaban J connectivity index is 1.94. The van der Waals surface area contributed by atoms with Gasteiger partial charge in [0.05, 0.1) is 10.6 Å². The van der Waals surface area contributed by atoms with E-state index in [0.29, 0.717) is 0 Å². The van der Waals surface area contributed by atoms with E-state index < -0.39 is 11.6 Å². The van der Waals surface area contributed by atoms with Gasteiger partial charge in [0.2, 0.25) is 0 Å². The molecule has 1 aromatic rings. The molecule has 6 heteroatoms. The van der Waals surface area contributed by atoms with Crippen LogP contribution in [0.1, 0.15) is 37.7 Å². The number of nitrogens with one attached hydrogen (secondary N) is 1. The highest BCUT2D eigenvalue weighted by Crippen LogP contribution is 2.24. The van der Waals surface area contributed by atoms with E-state index >= 15 is 0 Å². The molecule has 118 valence electrons. The molecular weight excluding hydrogens is 342 g/mol. The molecular formula is C15H21BrF2N2O. The van der Waals surface area contributed by atoms with Gasteiger partial charge in [0.15, 0.2) is 0 Å². The van der Waals surface area contributed by atoms with Crippen molar-refractivity contribution >= 4 is 15.9 Å². The minimum Gasteiger partial charge on any atom is -0.378 e. The Morgan fingerprint density at radius 3 is 2.86 bits per heavy atom. The van der Waals surface area contributed by atoms with Gasteiger partial charge in [0, 0.05) is 18.2 Å². The lowest BCUT2D eigenvalue weighted by molar-refractivity contribution is 0.00856. The number of hydrogen-bond donors (Lipinski definition) is 2. The highest BCUT2D eigenvalue weighted by Gasteiger charge is 2.20. The first-order valence-corrected chi connectivity index (χ1v) is 8.11. The van der Waals surface area contributed by atoms with E-state index in [1.54, 1.807) is 0 Å². The summed E-state index contributed by atoms with van der Waals surface area (Å²) in [6.45, 7) is 0.806. The molecule has 1 aromatic carbocycles. The second-order valence-electron chi connectivity index (χ2n) is 5.46. The monoisotopic (exact) mass is 362 g/mol. The zero-order valence-corrected chi connectivity index (χ0v) is 13.5. The van der Waals surface area contributed by atoms with E-state index in [4.69, 9.17) is 10.6 Å². The Morgan fingerprint density at radius 1 is 1.38 bits per heavy atom. The van der Waals surface area contributed by atoms with Crippen LogP contribution in [0.2, 0.25) is 0 Å². The van der Waals surface area contributed by atoms with Gasteiger partial charge in [-0.2, -0.15) is 0 Å². The summed E-state index contributed by atoms with van der Waals surface area (Å²) in [5.74, 6) is 4.44. The van der Waals surface area contributed by atoms with Gasteiger partial charge in [-0.3, -0.25) is 11.3 Å². The van der Waals surface area contributed by atoms with E-state index in [1.165, 1.54) is 18.6 Å². The van der Waals surface area contributed by atoms with Crippen molar-refractivity contribution in [3.8, 4) is 0 Å². The first-order chi connectivity index (χ1) is 10.1. The lowest BCUT2D eigenvalue weighted by Crippen LogP contribution is -2.38. The van der Waals surface area contributed by atoms with Crippen molar-refractivity contribution < 1.29 is 13.5 Å². The quantitative estimate of drug-likeness (QED) is 0.462. The third-order valence-electron chi connectivity index (χ3n) is 3.94. The Labute approximate surface area is 132 Å². The van der Waals surface area contributed by atoms with Gasteiger partial charge in [-0.15, -0.1) is 0 Å². The molecule has 0 spiro atoms. The van der Waals surface area contributed by atoms with Crippen LogP contribution in [0, 0.1) is 11.6 Å². The van der Waals surface area contributed by atoms with Gasteiger partial charge in [0.25, 0.3) is 0 Å². The minimum atomic E-state index is -0.552. The van der Waals surface area contributed by atoms with Crippen LogP contribution < -0.4 is 11.3 Å². The van der Waals surface area contributed by atoms with Gasteiger partial charge < -0.3 is 4.74 Å². The van der Waals surface area contributed by atoms with Gasteiger partial charge in [-0.25, -0.2) is 8.78 Å². The van der Waals surface area contributed by atoms with Crippen LogP contribution >= 0.6 is 15.9 Å². The number of benzene rings is 1. The zero-order chi connectivity index (χ0) is 15.2. The Morgan fingerprint density at radius 2 is 2.19 bits per heavy atom. The molecule has 2 atom stereocenters. The van der Waals surface area contributed by atoms with Crippen LogP contribution in [0.25, 0.3) is 0 Å². The third-order valence-corrected chi connectivity index (χ3v) is 4.55. The van der Waals surface area contributed by atoms with E-state index in [1.807, 2.05) is 0 Å². The lowest BCUT2D eigenvalue weighted by atomic mass is 9.97. The standard InChI is InChI=1S/C15H21BrF2N2O/c16-13-6-7-14(17)12(15(13)18)9-10(20-19)4-5-11-3-1-2-8-21-11/h6-7,10-11,20H,1-5,8-9,19H2. The molecule has 0 aromatic heterocycles.